The summed E-state index contributed by atoms with van der Waals surface area (Å²) >= 11 is 9.33. The van der Waals surface area contributed by atoms with Gasteiger partial charge in [0.25, 0.3) is 0 Å². The van der Waals surface area contributed by atoms with E-state index in [9.17, 15) is 26.6 Å². The minimum Gasteiger partial charge on any atom is -0.487 e. The van der Waals surface area contributed by atoms with Crippen LogP contribution >= 0.6 is 46.5 Å². The maximum absolute atomic E-state index is 14.4. The Labute approximate surface area is 203 Å². The number of hydrogen-bond acceptors (Lipinski definition) is 6. The zero-order valence-electron chi connectivity index (χ0n) is 16.4. The second-order valence-electron chi connectivity index (χ2n) is 6.87. The fraction of sp³-hybridized carbons (Fsp3) is 0.167. The molecular formula is C18H14BrClF2NO7PS2. The number of carbonyl (C=O) groups is 1. The number of thiophene rings is 1. The van der Waals surface area contributed by atoms with Gasteiger partial charge in [-0.2, -0.15) is 8.78 Å². The molecule has 0 unspecified atom stereocenters. The number of benzene rings is 2. The van der Waals surface area contributed by atoms with Crippen molar-refractivity contribution in [1.82, 2.24) is 0 Å². The minimum absolute atomic E-state index is 0.0416. The molecule has 1 amide bonds. The SMILES string of the molecule is CS(=O)(=O)c1ccc(COc2cc(C(N)=O)cc3c(Br)c(C(F)(F)P(=O)(O)O)sc23)cc1Cl. The number of hydrogen-bond donors (Lipinski definition) is 3. The number of fused-ring (bicyclic) bond motifs is 1. The average molecular weight is 605 g/mol. The molecule has 178 valence electrons. The third kappa shape index (κ3) is 5.09. The molecule has 33 heavy (non-hydrogen) atoms. The van der Waals surface area contributed by atoms with Crippen molar-refractivity contribution < 1.29 is 41.1 Å². The van der Waals surface area contributed by atoms with Gasteiger partial charge in [0.15, 0.2) is 9.84 Å². The van der Waals surface area contributed by atoms with Crippen molar-refractivity contribution in [2.75, 3.05) is 6.26 Å². The third-order valence-electron chi connectivity index (χ3n) is 4.41. The molecule has 0 aliphatic carbocycles. The van der Waals surface area contributed by atoms with E-state index < -0.39 is 33.9 Å². The molecule has 3 rings (SSSR count). The number of amides is 1. The Kier molecular flexibility index (Phi) is 7.00. The standard InChI is InChI=1S/C18H14BrClF2NO7PS2/c1-33(28,29)13-3-2-8(4-11(13)20)7-30-12-6-9(17(23)24)5-10-14(19)16(32-15(10)12)18(21,22)31(25,26)27/h2-6H,7H2,1H3,(H2,23,24)(H2,25,26,27). The first-order valence-electron chi connectivity index (χ1n) is 8.65. The Morgan fingerprint density at radius 2 is 1.94 bits per heavy atom. The highest BCUT2D eigenvalue weighted by Gasteiger charge is 2.53. The summed E-state index contributed by atoms with van der Waals surface area (Å²) in [5.41, 5.74) is 1.17. The molecule has 8 nitrogen and oxygen atoms in total. The quantitative estimate of drug-likeness (QED) is 0.334. The molecule has 0 bridgehead atoms. The van der Waals surface area contributed by atoms with E-state index in [4.69, 9.17) is 31.9 Å². The number of carbonyl (C=O) groups excluding carboxylic acids is 1. The van der Waals surface area contributed by atoms with Crippen LogP contribution in [-0.4, -0.2) is 30.4 Å². The molecule has 0 fully saturated rings. The molecule has 2 aromatic carbocycles. The minimum atomic E-state index is -5.86. The summed E-state index contributed by atoms with van der Waals surface area (Å²) in [5, 5.41) is -0.00282. The van der Waals surface area contributed by atoms with Gasteiger partial charge in [-0.25, -0.2) is 8.42 Å². The van der Waals surface area contributed by atoms with Gasteiger partial charge >= 0.3 is 13.3 Å². The molecule has 0 aliphatic heterocycles. The van der Waals surface area contributed by atoms with Crippen molar-refractivity contribution >= 4 is 72.3 Å². The van der Waals surface area contributed by atoms with Gasteiger partial charge in [-0.05, 0) is 45.8 Å². The predicted molar refractivity (Wildman–Crippen MR) is 123 cm³/mol. The molecule has 3 aromatic rings. The lowest BCUT2D eigenvalue weighted by Crippen LogP contribution is -2.12. The summed E-state index contributed by atoms with van der Waals surface area (Å²) in [6.07, 6.45) is 0.996. The molecule has 4 N–H and O–H groups in total. The molecule has 1 aromatic heterocycles. The fourth-order valence-corrected chi connectivity index (χ4v) is 7.14. The maximum Gasteiger partial charge on any atom is 0.400 e. The van der Waals surface area contributed by atoms with E-state index >= 15 is 0 Å². The molecule has 0 aliphatic rings. The highest BCUT2D eigenvalue weighted by Crippen LogP contribution is 2.63. The van der Waals surface area contributed by atoms with E-state index in [1.54, 1.807) is 0 Å². The zero-order valence-corrected chi connectivity index (χ0v) is 21.3. The van der Waals surface area contributed by atoms with Gasteiger partial charge in [0.05, 0.1) is 14.6 Å². The number of primary amides is 1. The normalized spacial score (nSPS) is 12.8. The highest BCUT2D eigenvalue weighted by atomic mass is 79.9. The molecule has 0 atom stereocenters. The molecule has 1 heterocycles. The van der Waals surface area contributed by atoms with Crippen LogP contribution in [0.1, 0.15) is 20.8 Å². The number of ether oxygens (including phenoxy) is 1. The molecule has 0 saturated heterocycles. The van der Waals surface area contributed by atoms with Gasteiger partial charge in [0, 0.05) is 21.7 Å². The smallest absolute Gasteiger partial charge is 0.400 e. The van der Waals surface area contributed by atoms with E-state index in [1.165, 1.54) is 30.3 Å². The van der Waals surface area contributed by atoms with E-state index in [1.807, 2.05) is 0 Å². The second-order valence-corrected chi connectivity index (χ2v) is 12.7. The lowest BCUT2D eigenvalue weighted by molar-refractivity contribution is 0.0595. The zero-order chi connectivity index (χ0) is 24.9. The molecule has 0 spiro atoms. The summed E-state index contributed by atoms with van der Waals surface area (Å²) in [6.45, 7) is -0.194. The van der Waals surface area contributed by atoms with Gasteiger partial charge < -0.3 is 20.3 Å². The number of alkyl halides is 2. The number of nitrogens with two attached hydrogens (primary N) is 1. The third-order valence-corrected chi connectivity index (χ3v) is 9.47. The summed E-state index contributed by atoms with van der Waals surface area (Å²) in [4.78, 5) is 28.9. The van der Waals surface area contributed by atoms with Crippen molar-refractivity contribution in [1.29, 1.82) is 0 Å². The number of halogens is 4. The van der Waals surface area contributed by atoms with Crippen molar-refractivity contribution in [3.63, 3.8) is 0 Å². The van der Waals surface area contributed by atoms with Gasteiger partial charge in [-0.3, -0.25) is 9.36 Å². The summed E-state index contributed by atoms with van der Waals surface area (Å²) in [7, 11) is -9.41. The van der Waals surface area contributed by atoms with E-state index in [-0.39, 0.29) is 42.4 Å². The van der Waals surface area contributed by atoms with E-state index in [0.717, 1.165) is 6.26 Å². The van der Waals surface area contributed by atoms with Crippen LogP contribution in [0, 0.1) is 0 Å². The molecule has 0 radical (unpaired) electrons. The Hall–Kier alpha value is -1.60. The first kappa shape index (κ1) is 26.0. The van der Waals surface area contributed by atoms with Gasteiger partial charge in [0.2, 0.25) is 5.91 Å². The Morgan fingerprint density at radius 1 is 1.30 bits per heavy atom. The highest BCUT2D eigenvalue weighted by molar-refractivity contribution is 9.10. The molecular weight excluding hydrogens is 591 g/mol. The van der Waals surface area contributed by atoms with Crippen LogP contribution in [0.5, 0.6) is 5.75 Å². The largest absolute Gasteiger partial charge is 0.487 e. The first-order valence-corrected chi connectivity index (χ1v) is 14.1. The Bertz CT molecular complexity index is 1440. The summed E-state index contributed by atoms with van der Waals surface area (Å²) < 4.78 is 69.0. The van der Waals surface area contributed by atoms with Crippen LogP contribution in [0.4, 0.5) is 8.78 Å². The van der Waals surface area contributed by atoms with Crippen LogP contribution in [0.3, 0.4) is 0 Å². The topological polar surface area (TPSA) is 144 Å². The summed E-state index contributed by atoms with van der Waals surface area (Å²) in [6, 6.07) is 6.48. The van der Waals surface area contributed by atoms with Crippen LogP contribution in [-0.2, 0) is 26.7 Å². The van der Waals surface area contributed by atoms with Crippen LogP contribution < -0.4 is 10.5 Å². The predicted octanol–water partition coefficient (Wildman–Crippen LogP) is 4.63. The van der Waals surface area contributed by atoms with Crippen LogP contribution in [0.2, 0.25) is 5.02 Å². The first-order chi connectivity index (χ1) is 15.0. The fourth-order valence-electron chi connectivity index (χ4n) is 2.81. The Balaban J connectivity index is 2.09. The Morgan fingerprint density at radius 3 is 2.45 bits per heavy atom. The van der Waals surface area contributed by atoms with E-state index in [0.29, 0.717) is 16.9 Å². The van der Waals surface area contributed by atoms with Gasteiger partial charge in [0.1, 0.15) is 17.2 Å². The van der Waals surface area contributed by atoms with Crippen molar-refractivity contribution in [3.05, 3.63) is 55.8 Å². The van der Waals surface area contributed by atoms with Crippen molar-refractivity contribution in [2.24, 2.45) is 5.73 Å². The van der Waals surface area contributed by atoms with Crippen molar-refractivity contribution in [3.8, 4) is 5.75 Å². The van der Waals surface area contributed by atoms with E-state index in [2.05, 4.69) is 15.9 Å². The lowest BCUT2D eigenvalue weighted by atomic mass is 10.1. The monoisotopic (exact) mass is 603 g/mol. The number of rotatable bonds is 7. The molecule has 0 saturated carbocycles. The van der Waals surface area contributed by atoms with Gasteiger partial charge in [-0.1, -0.05) is 17.7 Å². The lowest BCUT2D eigenvalue weighted by Gasteiger charge is -2.16. The van der Waals surface area contributed by atoms with Crippen LogP contribution in [0.15, 0.2) is 39.7 Å². The number of sulfone groups is 1. The average Bonchev–Trinajstić information content (AvgIpc) is 3.01. The maximum atomic E-state index is 14.4. The molecule has 15 heteroatoms. The van der Waals surface area contributed by atoms with Crippen LogP contribution in [0.25, 0.3) is 10.1 Å². The summed E-state index contributed by atoms with van der Waals surface area (Å²) in [5.74, 6) is -0.938. The second kappa shape index (κ2) is 8.88. The van der Waals surface area contributed by atoms with Crippen molar-refractivity contribution in [2.45, 2.75) is 17.2 Å². The van der Waals surface area contributed by atoms with Gasteiger partial charge in [-0.15, -0.1) is 11.3 Å².